The number of carbonyl (C=O) groups is 2. The predicted molar refractivity (Wildman–Crippen MR) is 95.5 cm³/mol. The van der Waals surface area contributed by atoms with Crippen LogP contribution in [0, 0.1) is 0 Å². The first kappa shape index (κ1) is 16.9. The maximum Gasteiger partial charge on any atom is 0.295 e. The normalized spacial score (nSPS) is 20.7. The van der Waals surface area contributed by atoms with Gasteiger partial charge in [0.05, 0.1) is 11.6 Å². The molecule has 2 aromatic carbocycles. The summed E-state index contributed by atoms with van der Waals surface area (Å²) in [6, 6.07) is 17.0. The van der Waals surface area contributed by atoms with E-state index in [1.165, 1.54) is 4.90 Å². The van der Waals surface area contributed by atoms with E-state index in [1.807, 2.05) is 36.4 Å². The summed E-state index contributed by atoms with van der Waals surface area (Å²) in [5.41, 5.74) is 7.23. The van der Waals surface area contributed by atoms with Crippen molar-refractivity contribution in [2.75, 3.05) is 6.54 Å². The molecular weight excluding hydrogens is 316 g/mol. The summed E-state index contributed by atoms with van der Waals surface area (Å²) in [7, 11) is 0. The largest absolute Gasteiger partial charge is 0.507 e. The number of nitrogens with two attached hydrogens (primary N) is 1. The van der Waals surface area contributed by atoms with Crippen LogP contribution >= 0.6 is 0 Å². The minimum atomic E-state index is -0.684. The summed E-state index contributed by atoms with van der Waals surface area (Å²) in [5.74, 6) is -1.49. The molecule has 0 saturated carbocycles. The van der Waals surface area contributed by atoms with Crippen molar-refractivity contribution in [3.8, 4) is 0 Å². The molecule has 5 nitrogen and oxygen atoms in total. The van der Waals surface area contributed by atoms with Gasteiger partial charge in [0.15, 0.2) is 0 Å². The molecule has 1 heterocycles. The van der Waals surface area contributed by atoms with Crippen molar-refractivity contribution in [2.24, 2.45) is 5.73 Å². The Morgan fingerprint density at radius 2 is 1.64 bits per heavy atom. The van der Waals surface area contributed by atoms with Gasteiger partial charge in [0.25, 0.3) is 11.7 Å². The maximum absolute atomic E-state index is 12.6. The lowest BCUT2D eigenvalue weighted by atomic mass is 9.95. The molecule has 2 atom stereocenters. The molecular formula is C20H20N2O3. The first-order chi connectivity index (χ1) is 12.0. The Morgan fingerprint density at radius 3 is 2.20 bits per heavy atom. The molecule has 0 unspecified atom stereocenters. The van der Waals surface area contributed by atoms with Gasteiger partial charge in [-0.05, 0) is 12.5 Å². The lowest BCUT2D eigenvalue weighted by Gasteiger charge is -2.26. The molecule has 0 aliphatic carbocycles. The molecule has 5 heteroatoms. The van der Waals surface area contributed by atoms with Gasteiger partial charge < -0.3 is 15.7 Å². The number of aliphatic hydroxyl groups is 1. The van der Waals surface area contributed by atoms with Crippen molar-refractivity contribution in [3.63, 3.8) is 0 Å². The van der Waals surface area contributed by atoms with Crippen LogP contribution in [-0.2, 0) is 9.59 Å². The Balaban J connectivity index is 2.18. The number of Topliss-reactive ketones (excluding diaryl/α,β-unsaturated/α-hetero) is 1. The number of amides is 1. The van der Waals surface area contributed by atoms with E-state index in [0.717, 1.165) is 5.56 Å². The van der Waals surface area contributed by atoms with Gasteiger partial charge in [-0.1, -0.05) is 60.7 Å². The number of benzene rings is 2. The van der Waals surface area contributed by atoms with Crippen molar-refractivity contribution in [2.45, 2.75) is 19.0 Å². The Labute approximate surface area is 146 Å². The van der Waals surface area contributed by atoms with Crippen LogP contribution in [0.4, 0.5) is 0 Å². The van der Waals surface area contributed by atoms with E-state index in [-0.39, 0.29) is 23.9 Å². The average Bonchev–Trinajstić information content (AvgIpc) is 2.87. The number of hydrogen-bond acceptors (Lipinski definition) is 4. The summed E-state index contributed by atoms with van der Waals surface area (Å²) in [4.78, 5) is 26.6. The number of aliphatic hydroxyl groups excluding tert-OH is 1. The minimum Gasteiger partial charge on any atom is -0.507 e. The zero-order chi connectivity index (χ0) is 18.0. The van der Waals surface area contributed by atoms with E-state index in [0.29, 0.717) is 5.56 Å². The first-order valence-corrected chi connectivity index (χ1v) is 8.15. The number of hydrogen-bond donors (Lipinski definition) is 2. The molecule has 25 heavy (non-hydrogen) atoms. The fraction of sp³-hybridized carbons (Fsp3) is 0.200. The fourth-order valence-corrected chi connectivity index (χ4v) is 3.11. The average molecular weight is 336 g/mol. The molecule has 1 aliphatic heterocycles. The molecule has 3 rings (SSSR count). The molecule has 0 spiro atoms. The minimum absolute atomic E-state index is 0.100. The van der Waals surface area contributed by atoms with Crippen molar-refractivity contribution in [1.29, 1.82) is 0 Å². The van der Waals surface area contributed by atoms with Crippen molar-refractivity contribution in [3.05, 3.63) is 77.4 Å². The van der Waals surface area contributed by atoms with E-state index in [2.05, 4.69) is 0 Å². The molecule has 1 aliphatic rings. The van der Waals surface area contributed by atoms with Crippen LogP contribution in [0.2, 0.25) is 0 Å². The van der Waals surface area contributed by atoms with Crippen molar-refractivity contribution < 1.29 is 14.7 Å². The quantitative estimate of drug-likeness (QED) is 0.510. The smallest absolute Gasteiger partial charge is 0.295 e. The topological polar surface area (TPSA) is 83.6 Å². The van der Waals surface area contributed by atoms with Crippen LogP contribution < -0.4 is 5.73 Å². The van der Waals surface area contributed by atoms with Crippen molar-refractivity contribution >= 4 is 17.4 Å². The molecule has 1 fully saturated rings. The number of carbonyl (C=O) groups excluding carboxylic acids is 2. The van der Waals surface area contributed by atoms with Gasteiger partial charge in [-0.3, -0.25) is 9.59 Å². The number of likely N-dealkylation sites (tertiary alicyclic amines) is 1. The summed E-state index contributed by atoms with van der Waals surface area (Å²) < 4.78 is 0. The maximum atomic E-state index is 12.6. The summed E-state index contributed by atoms with van der Waals surface area (Å²) in [5, 5.41) is 10.7. The second-order valence-electron chi connectivity index (χ2n) is 6.21. The third-order valence-electron chi connectivity index (χ3n) is 4.19. The Morgan fingerprint density at radius 1 is 1.08 bits per heavy atom. The molecule has 2 aromatic rings. The Hall–Kier alpha value is -2.92. The van der Waals surface area contributed by atoms with Crippen LogP contribution in [0.15, 0.2) is 66.2 Å². The fourth-order valence-electron chi connectivity index (χ4n) is 3.11. The molecule has 3 N–H and O–H groups in total. The third kappa shape index (κ3) is 3.19. The zero-order valence-electron chi connectivity index (χ0n) is 13.9. The van der Waals surface area contributed by atoms with Gasteiger partial charge in [0.1, 0.15) is 5.76 Å². The lowest BCUT2D eigenvalue weighted by Crippen LogP contribution is -2.38. The van der Waals surface area contributed by atoms with Gasteiger partial charge in [0, 0.05) is 18.2 Å². The summed E-state index contributed by atoms with van der Waals surface area (Å²) in [6.07, 6.45) is 0. The van der Waals surface area contributed by atoms with E-state index in [1.54, 1.807) is 31.2 Å². The second-order valence-corrected chi connectivity index (χ2v) is 6.21. The molecule has 0 radical (unpaired) electrons. The standard InChI is InChI=1S/C20H20N2O3/c1-13(21)12-22-17(14-8-4-2-5-9-14)16(19(24)20(22)25)18(23)15-10-6-3-7-11-15/h2-11,13,17,23H,12,21H2,1H3/t13-,17+/m1/s1. The van der Waals surface area contributed by atoms with Gasteiger partial charge in [0.2, 0.25) is 0 Å². The molecule has 1 saturated heterocycles. The van der Waals surface area contributed by atoms with E-state index in [4.69, 9.17) is 5.73 Å². The number of ketones is 1. The molecule has 1 amide bonds. The molecule has 0 aromatic heterocycles. The zero-order valence-corrected chi connectivity index (χ0v) is 13.9. The van der Waals surface area contributed by atoms with E-state index in [9.17, 15) is 14.7 Å². The van der Waals surface area contributed by atoms with Crippen LogP contribution in [0.3, 0.4) is 0 Å². The Bertz CT molecular complexity index is 813. The highest BCUT2D eigenvalue weighted by molar-refractivity contribution is 6.46. The third-order valence-corrected chi connectivity index (χ3v) is 4.19. The number of nitrogens with zero attached hydrogens (tertiary/aromatic N) is 1. The Kier molecular flexibility index (Phi) is 4.67. The van der Waals surface area contributed by atoms with Crippen LogP contribution in [0.5, 0.6) is 0 Å². The van der Waals surface area contributed by atoms with E-state index >= 15 is 0 Å². The summed E-state index contributed by atoms with van der Waals surface area (Å²) in [6.45, 7) is 2.01. The number of rotatable bonds is 4. The van der Waals surface area contributed by atoms with Crippen LogP contribution in [-0.4, -0.2) is 34.3 Å². The van der Waals surface area contributed by atoms with Gasteiger partial charge in [-0.15, -0.1) is 0 Å². The van der Waals surface area contributed by atoms with Gasteiger partial charge in [-0.25, -0.2) is 0 Å². The van der Waals surface area contributed by atoms with Gasteiger partial charge in [-0.2, -0.15) is 0 Å². The van der Waals surface area contributed by atoms with E-state index < -0.39 is 17.7 Å². The monoisotopic (exact) mass is 336 g/mol. The second kappa shape index (κ2) is 6.91. The lowest BCUT2D eigenvalue weighted by molar-refractivity contribution is -0.140. The van der Waals surface area contributed by atoms with Gasteiger partial charge >= 0.3 is 0 Å². The summed E-state index contributed by atoms with van der Waals surface area (Å²) >= 11 is 0. The first-order valence-electron chi connectivity index (χ1n) is 8.15. The SMILES string of the molecule is C[C@@H](N)CN1C(=O)C(=O)C(=C(O)c2ccccc2)[C@@H]1c1ccccc1. The van der Waals surface area contributed by atoms with Crippen LogP contribution in [0.1, 0.15) is 24.1 Å². The van der Waals surface area contributed by atoms with Crippen LogP contribution in [0.25, 0.3) is 5.76 Å². The van der Waals surface area contributed by atoms with Crippen molar-refractivity contribution in [1.82, 2.24) is 4.90 Å². The molecule has 0 bridgehead atoms. The highest BCUT2D eigenvalue weighted by Crippen LogP contribution is 2.39. The molecule has 128 valence electrons. The highest BCUT2D eigenvalue weighted by atomic mass is 16.3. The predicted octanol–water partition coefficient (Wildman–Crippen LogP) is 2.46. The highest BCUT2D eigenvalue weighted by Gasteiger charge is 2.46.